The molecule has 1 aliphatic rings. The minimum atomic E-state index is -0.0616. The summed E-state index contributed by atoms with van der Waals surface area (Å²) in [7, 11) is 5.60. The molecule has 0 spiro atoms. The number of hydrogen-bond donors (Lipinski definition) is 0. The summed E-state index contributed by atoms with van der Waals surface area (Å²) in [6.45, 7) is 13.8. The Kier molecular flexibility index (Phi) is 3.57. The minimum Gasteiger partial charge on any atom is -0.493 e. The molecule has 0 saturated carbocycles. The maximum atomic E-state index is 5.52. The van der Waals surface area contributed by atoms with Crippen molar-refractivity contribution in [2.45, 2.75) is 58.0 Å². The fourth-order valence-electron chi connectivity index (χ4n) is 3.53. The lowest BCUT2D eigenvalue weighted by Gasteiger charge is -2.60. The smallest absolute Gasteiger partial charge is 0.161 e. The van der Waals surface area contributed by atoms with E-state index in [0.29, 0.717) is 0 Å². The van der Waals surface area contributed by atoms with Crippen molar-refractivity contribution in [3.8, 4) is 11.5 Å². The third-order valence-corrected chi connectivity index (χ3v) is 6.06. The van der Waals surface area contributed by atoms with Gasteiger partial charge in [0, 0.05) is 16.5 Å². The van der Waals surface area contributed by atoms with Gasteiger partial charge in [0.2, 0.25) is 0 Å². The first-order valence-electron chi connectivity index (χ1n) is 7.52. The predicted molar refractivity (Wildman–Crippen MR) is 87.4 cm³/mol. The van der Waals surface area contributed by atoms with Gasteiger partial charge in [-0.3, -0.25) is 4.90 Å². The molecule has 1 aliphatic heterocycles. The molecule has 118 valence electrons. The molecule has 0 atom stereocenters. The zero-order valence-electron chi connectivity index (χ0n) is 14.9. The number of rotatable bonds is 2. The van der Waals surface area contributed by atoms with Crippen LogP contribution in [-0.2, 0) is 11.0 Å². The Bertz CT molecular complexity index is 559. The quantitative estimate of drug-likeness (QED) is 0.824. The molecule has 0 amide bonds. The van der Waals surface area contributed by atoms with Crippen molar-refractivity contribution >= 4 is 0 Å². The first-order valence-corrected chi connectivity index (χ1v) is 7.52. The molecule has 0 aromatic heterocycles. The van der Waals surface area contributed by atoms with Crippen LogP contribution in [0.2, 0.25) is 0 Å². The number of ether oxygens (including phenoxy) is 2. The summed E-state index contributed by atoms with van der Waals surface area (Å²) in [6, 6.07) is 4.30. The monoisotopic (exact) mass is 291 g/mol. The summed E-state index contributed by atoms with van der Waals surface area (Å²) in [6.07, 6.45) is 0. The maximum Gasteiger partial charge on any atom is 0.161 e. The second kappa shape index (κ2) is 4.64. The van der Waals surface area contributed by atoms with Crippen molar-refractivity contribution in [3.63, 3.8) is 0 Å². The highest BCUT2D eigenvalue weighted by atomic mass is 16.5. The van der Waals surface area contributed by atoms with Crippen molar-refractivity contribution in [1.29, 1.82) is 0 Å². The SMILES string of the molecule is COc1cc2c(cc1OC)C(C)(C)C(C)(C)N(C)C2(C)C. The van der Waals surface area contributed by atoms with E-state index in [0.717, 1.165) is 11.5 Å². The van der Waals surface area contributed by atoms with E-state index in [1.54, 1.807) is 14.2 Å². The minimum absolute atomic E-state index is 0.00611. The molecule has 0 aliphatic carbocycles. The van der Waals surface area contributed by atoms with Crippen LogP contribution < -0.4 is 9.47 Å². The Morgan fingerprint density at radius 3 is 1.67 bits per heavy atom. The van der Waals surface area contributed by atoms with E-state index in [9.17, 15) is 0 Å². The van der Waals surface area contributed by atoms with Gasteiger partial charge in [-0.1, -0.05) is 13.8 Å². The third kappa shape index (κ3) is 1.97. The van der Waals surface area contributed by atoms with Crippen molar-refractivity contribution in [2.24, 2.45) is 0 Å². The molecule has 2 rings (SSSR count). The van der Waals surface area contributed by atoms with Crippen LogP contribution in [0.15, 0.2) is 12.1 Å². The first-order chi connectivity index (χ1) is 9.51. The normalized spacial score (nSPS) is 22.5. The molecule has 0 bridgehead atoms. The molecule has 1 aromatic rings. The Morgan fingerprint density at radius 2 is 1.24 bits per heavy atom. The van der Waals surface area contributed by atoms with E-state index in [1.807, 2.05) is 0 Å². The maximum absolute atomic E-state index is 5.52. The lowest BCUT2D eigenvalue weighted by Crippen LogP contribution is -2.64. The Labute approximate surface area is 129 Å². The van der Waals surface area contributed by atoms with Crippen molar-refractivity contribution in [2.75, 3.05) is 21.3 Å². The Morgan fingerprint density at radius 1 is 0.810 bits per heavy atom. The van der Waals surface area contributed by atoms with Crippen molar-refractivity contribution in [1.82, 2.24) is 4.90 Å². The average molecular weight is 291 g/mol. The lowest BCUT2D eigenvalue weighted by atomic mass is 9.61. The van der Waals surface area contributed by atoms with Gasteiger partial charge >= 0.3 is 0 Å². The first kappa shape index (κ1) is 16.2. The fourth-order valence-corrected chi connectivity index (χ4v) is 3.53. The summed E-state index contributed by atoms with van der Waals surface area (Å²) < 4.78 is 11.0. The summed E-state index contributed by atoms with van der Waals surface area (Å²) in [5, 5.41) is 0. The number of benzene rings is 1. The number of hydrogen-bond acceptors (Lipinski definition) is 3. The Balaban J connectivity index is 2.83. The van der Waals surface area contributed by atoms with Crippen molar-refractivity contribution < 1.29 is 9.47 Å². The summed E-state index contributed by atoms with van der Waals surface area (Å²) >= 11 is 0. The van der Waals surface area contributed by atoms with Crippen LogP contribution in [-0.4, -0.2) is 31.7 Å². The van der Waals surface area contributed by atoms with Gasteiger partial charge < -0.3 is 9.47 Å². The summed E-state index contributed by atoms with van der Waals surface area (Å²) in [4.78, 5) is 2.47. The zero-order chi connectivity index (χ0) is 16.2. The predicted octanol–water partition coefficient (Wildman–Crippen LogP) is 3.94. The number of fused-ring (bicyclic) bond motifs is 1. The molecular weight excluding hydrogens is 262 g/mol. The molecule has 1 heterocycles. The molecule has 0 saturated heterocycles. The second-order valence-electron chi connectivity index (χ2n) is 7.55. The zero-order valence-corrected chi connectivity index (χ0v) is 14.9. The lowest BCUT2D eigenvalue weighted by molar-refractivity contribution is -0.0237. The van der Waals surface area contributed by atoms with Crippen LogP contribution in [0.25, 0.3) is 0 Å². The molecule has 3 nitrogen and oxygen atoms in total. The van der Waals surface area contributed by atoms with E-state index in [-0.39, 0.29) is 16.5 Å². The summed E-state index contributed by atoms with van der Waals surface area (Å²) in [5.74, 6) is 1.61. The number of likely N-dealkylation sites (N-methyl/N-ethyl adjacent to an activating group) is 1. The van der Waals surface area contributed by atoms with Gasteiger partial charge in [-0.2, -0.15) is 0 Å². The van der Waals surface area contributed by atoms with Crippen LogP contribution in [0.1, 0.15) is 52.7 Å². The van der Waals surface area contributed by atoms with Gasteiger partial charge in [0.1, 0.15) is 0 Å². The van der Waals surface area contributed by atoms with Gasteiger partial charge in [0.15, 0.2) is 11.5 Å². The standard InChI is InChI=1S/C18H29NO2/c1-16(2)12-10-14(20-8)15(21-9)11-13(12)17(3,4)19(7)18(16,5)6/h10-11H,1-9H3. The molecule has 21 heavy (non-hydrogen) atoms. The van der Waals surface area contributed by atoms with E-state index >= 15 is 0 Å². The van der Waals surface area contributed by atoms with Gasteiger partial charge in [0.25, 0.3) is 0 Å². The van der Waals surface area contributed by atoms with E-state index in [2.05, 4.69) is 65.6 Å². The molecule has 0 unspecified atom stereocenters. The highest BCUT2D eigenvalue weighted by Gasteiger charge is 2.53. The molecule has 3 heteroatoms. The van der Waals surface area contributed by atoms with Crippen molar-refractivity contribution in [3.05, 3.63) is 23.3 Å². The van der Waals surface area contributed by atoms with Gasteiger partial charge in [-0.15, -0.1) is 0 Å². The molecule has 0 radical (unpaired) electrons. The fraction of sp³-hybridized carbons (Fsp3) is 0.667. The average Bonchev–Trinajstić information content (AvgIpc) is 2.43. The largest absolute Gasteiger partial charge is 0.493 e. The van der Waals surface area contributed by atoms with E-state index in [1.165, 1.54) is 11.1 Å². The van der Waals surface area contributed by atoms with Crippen LogP contribution in [0.3, 0.4) is 0 Å². The van der Waals surface area contributed by atoms with E-state index < -0.39 is 0 Å². The van der Waals surface area contributed by atoms with E-state index in [4.69, 9.17) is 9.47 Å². The Hall–Kier alpha value is -1.22. The number of methoxy groups -OCH3 is 2. The van der Waals surface area contributed by atoms with Crippen LogP contribution in [0.5, 0.6) is 11.5 Å². The summed E-state index contributed by atoms with van der Waals surface area (Å²) in [5.41, 5.74) is 2.63. The molecular formula is C18H29NO2. The number of nitrogens with zero attached hydrogens (tertiary/aromatic N) is 1. The highest BCUT2D eigenvalue weighted by Crippen LogP contribution is 2.53. The van der Waals surface area contributed by atoms with Gasteiger partial charge in [-0.25, -0.2) is 0 Å². The third-order valence-electron chi connectivity index (χ3n) is 6.06. The van der Waals surface area contributed by atoms with Crippen LogP contribution in [0.4, 0.5) is 0 Å². The topological polar surface area (TPSA) is 21.7 Å². The molecule has 0 fully saturated rings. The second-order valence-corrected chi connectivity index (χ2v) is 7.55. The van der Waals surface area contributed by atoms with Gasteiger partial charge in [-0.05, 0) is 58.0 Å². The molecule has 0 N–H and O–H groups in total. The van der Waals surface area contributed by atoms with Crippen LogP contribution in [0, 0.1) is 0 Å². The molecule has 1 aromatic carbocycles. The van der Waals surface area contributed by atoms with Gasteiger partial charge in [0.05, 0.1) is 14.2 Å². The highest BCUT2D eigenvalue weighted by molar-refractivity contribution is 5.54. The van der Waals surface area contributed by atoms with Crippen LogP contribution >= 0.6 is 0 Å².